The second kappa shape index (κ2) is 8.21. The molecular weight excluding hydrogens is 320 g/mol. The van der Waals surface area contributed by atoms with Crippen molar-refractivity contribution in [3.63, 3.8) is 0 Å². The minimum Gasteiger partial charge on any atom is -0.391 e. The van der Waals surface area contributed by atoms with Gasteiger partial charge in [0.05, 0.1) is 17.4 Å². The summed E-state index contributed by atoms with van der Waals surface area (Å²) in [6.07, 6.45) is 5.99. The Labute approximate surface area is 149 Å². The van der Waals surface area contributed by atoms with Crippen molar-refractivity contribution < 1.29 is 14.6 Å². The van der Waals surface area contributed by atoms with Crippen molar-refractivity contribution >= 4 is 5.91 Å². The number of aromatic nitrogens is 2. The van der Waals surface area contributed by atoms with Crippen molar-refractivity contribution in [1.82, 2.24) is 19.8 Å². The Hall–Kier alpha value is -1.57. The number of aliphatic hydroxyl groups is 1. The fourth-order valence-corrected chi connectivity index (χ4v) is 3.89. The molecule has 0 aliphatic carbocycles. The zero-order valence-corrected chi connectivity index (χ0v) is 15.1. The molecule has 2 aliphatic rings. The van der Waals surface area contributed by atoms with E-state index in [1.807, 2.05) is 11.8 Å². The second-order valence-corrected chi connectivity index (χ2v) is 7.04. The average Bonchev–Trinajstić information content (AvgIpc) is 2.83. The molecule has 2 fully saturated rings. The summed E-state index contributed by atoms with van der Waals surface area (Å²) < 4.78 is 5.44. The molecule has 7 heteroatoms. The van der Waals surface area contributed by atoms with Gasteiger partial charge >= 0.3 is 0 Å². The third-order valence-corrected chi connectivity index (χ3v) is 5.55. The molecule has 2 saturated heterocycles. The molecule has 1 aromatic heterocycles. The molecule has 138 valence electrons. The van der Waals surface area contributed by atoms with Crippen LogP contribution >= 0.6 is 0 Å². The highest BCUT2D eigenvalue weighted by atomic mass is 16.5. The van der Waals surface area contributed by atoms with E-state index >= 15 is 0 Å². The Morgan fingerprint density at radius 2 is 2.00 bits per heavy atom. The number of rotatable bonds is 3. The number of hydrogen-bond acceptors (Lipinski definition) is 6. The van der Waals surface area contributed by atoms with Crippen LogP contribution in [0.25, 0.3) is 0 Å². The van der Waals surface area contributed by atoms with Gasteiger partial charge < -0.3 is 14.7 Å². The molecule has 3 rings (SSSR count). The minimum atomic E-state index is -0.418. The fraction of sp³-hybridized carbons (Fsp3) is 0.722. The van der Waals surface area contributed by atoms with Crippen LogP contribution < -0.4 is 0 Å². The van der Waals surface area contributed by atoms with Gasteiger partial charge in [-0.15, -0.1) is 0 Å². The maximum atomic E-state index is 12.8. The Bertz CT molecular complexity index is 591. The van der Waals surface area contributed by atoms with Crippen molar-refractivity contribution in [2.45, 2.75) is 50.8 Å². The van der Waals surface area contributed by atoms with Gasteiger partial charge in [-0.2, -0.15) is 0 Å². The second-order valence-electron chi connectivity index (χ2n) is 7.04. The van der Waals surface area contributed by atoms with Gasteiger partial charge in [0.15, 0.2) is 0 Å². The van der Waals surface area contributed by atoms with Crippen molar-refractivity contribution in [2.75, 3.05) is 33.4 Å². The third kappa shape index (κ3) is 4.16. The quantitative estimate of drug-likeness (QED) is 0.873. The highest BCUT2D eigenvalue weighted by Crippen LogP contribution is 2.23. The molecule has 7 nitrogen and oxygen atoms in total. The van der Waals surface area contributed by atoms with Crippen molar-refractivity contribution in [2.24, 2.45) is 0 Å². The lowest BCUT2D eigenvalue weighted by molar-refractivity contribution is -0.00758. The fourth-order valence-electron chi connectivity index (χ4n) is 3.89. The lowest BCUT2D eigenvalue weighted by atomic mass is 9.99. The molecule has 0 spiro atoms. The van der Waals surface area contributed by atoms with Crippen LogP contribution in [-0.4, -0.2) is 82.3 Å². The lowest BCUT2D eigenvalue weighted by Crippen LogP contribution is -2.48. The molecule has 0 aromatic carbocycles. The number of ether oxygens (including phenoxy) is 1. The van der Waals surface area contributed by atoms with Crippen LogP contribution in [0.15, 0.2) is 12.5 Å². The molecule has 1 N–H and O–H groups in total. The smallest absolute Gasteiger partial charge is 0.257 e. The highest BCUT2D eigenvalue weighted by molar-refractivity contribution is 5.94. The van der Waals surface area contributed by atoms with Crippen LogP contribution in [0.4, 0.5) is 0 Å². The van der Waals surface area contributed by atoms with Gasteiger partial charge in [0.1, 0.15) is 6.33 Å². The first-order valence-electron chi connectivity index (χ1n) is 9.11. The molecule has 0 bridgehead atoms. The van der Waals surface area contributed by atoms with Gasteiger partial charge in [-0.3, -0.25) is 9.69 Å². The maximum Gasteiger partial charge on any atom is 0.257 e. The number of carbonyl (C=O) groups excluding carboxylic acids is 1. The van der Waals surface area contributed by atoms with Crippen molar-refractivity contribution in [1.29, 1.82) is 0 Å². The van der Waals surface area contributed by atoms with E-state index in [1.165, 1.54) is 6.33 Å². The minimum absolute atomic E-state index is 0.0420. The number of likely N-dealkylation sites (tertiary alicyclic amines) is 1. The summed E-state index contributed by atoms with van der Waals surface area (Å²) >= 11 is 0. The van der Waals surface area contributed by atoms with E-state index in [1.54, 1.807) is 6.20 Å². The number of nitrogens with zero attached hydrogens (tertiary/aromatic N) is 4. The van der Waals surface area contributed by atoms with Gasteiger partial charge in [-0.25, -0.2) is 9.97 Å². The molecule has 3 heterocycles. The molecule has 1 amide bonds. The summed E-state index contributed by atoms with van der Waals surface area (Å²) in [7, 11) is 2.09. The number of carbonyl (C=O) groups is 1. The van der Waals surface area contributed by atoms with E-state index in [2.05, 4.69) is 21.9 Å². The lowest BCUT2D eigenvalue weighted by Gasteiger charge is -2.38. The monoisotopic (exact) mass is 348 g/mol. The predicted molar refractivity (Wildman–Crippen MR) is 93.3 cm³/mol. The van der Waals surface area contributed by atoms with Crippen molar-refractivity contribution in [3.05, 3.63) is 23.8 Å². The van der Waals surface area contributed by atoms with Crippen LogP contribution in [-0.2, 0) is 4.74 Å². The zero-order valence-electron chi connectivity index (χ0n) is 15.1. The van der Waals surface area contributed by atoms with Crippen LogP contribution in [0.3, 0.4) is 0 Å². The molecule has 0 radical (unpaired) electrons. The number of hydrogen-bond donors (Lipinski definition) is 1. The normalized spacial score (nSPS) is 25.8. The van der Waals surface area contributed by atoms with Crippen molar-refractivity contribution in [3.8, 4) is 0 Å². The Balaban J connectivity index is 1.66. The van der Waals surface area contributed by atoms with Crippen LogP contribution in [0.1, 0.15) is 41.7 Å². The Morgan fingerprint density at radius 3 is 2.72 bits per heavy atom. The Morgan fingerprint density at radius 1 is 1.28 bits per heavy atom. The largest absolute Gasteiger partial charge is 0.391 e. The van der Waals surface area contributed by atoms with Crippen LogP contribution in [0.2, 0.25) is 0 Å². The standard InChI is InChI=1S/C18H28N4O3/c1-13-15(11-19-12-20-13)18(24)22-7-3-16(17(23)4-8-22)21(2)14-5-9-25-10-6-14/h11-12,14,16-17,23H,3-10H2,1-2H3/t16-,17-/m0/s1. The van der Waals surface area contributed by atoms with E-state index < -0.39 is 6.10 Å². The first-order chi connectivity index (χ1) is 12.1. The third-order valence-electron chi connectivity index (χ3n) is 5.55. The topological polar surface area (TPSA) is 78.8 Å². The average molecular weight is 348 g/mol. The van der Waals surface area contributed by atoms with E-state index in [0.29, 0.717) is 36.8 Å². The number of aliphatic hydroxyl groups excluding tert-OH is 1. The molecule has 25 heavy (non-hydrogen) atoms. The zero-order chi connectivity index (χ0) is 17.8. The van der Waals surface area contributed by atoms with E-state index in [-0.39, 0.29) is 11.9 Å². The van der Waals surface area contributed by atoms with Crippen LogP contribution in [0, 0.1) is 6.92 Å². The number of likely N-dealkylation sites (N-methyl/N-ethyl adjacent to an activating group) is 1. The van der Waals surface area contributed by atoms with E-state index in [9.17, 15) is 9.90 Å². The first kappa shape index (κ1) is 18.2. The molecule has 2 atom stereocenters. The van der Waals surface area contributed by atoms with Gasteiger partial charge in [-0.1, -0.05) is 0 Å². The maximum absolute atomic E-state index is 12.8. The van der Waals surface area contributed by atoms with Gasteiger partial charge in [-0.05, 0) is 39.7 Å². The van der Waals surface area contributed by atoms with E-state index in [0.717, 1.165) is 32.5 Å². The highest BCUT2D eigenvalue weighted by Gasteiger charge is 2.33. The van der Waals surface area contributed by atoms with Gasteiger partial charge in [0, 0.05) is 44.6 Å². The summed E-state index contributed by atoms with van der Waals surface area (Å²) in [6.45, 7) is 4.60. The van der Waals surface area contributed by atoms with Gasteiger partial charge in [0.25, 0.3) is 5.91 Å². The molecule has 2 aliphatic heterocycles. The predicted octanol–water partition coefficient (Wildman–Crippen LogP) is 0.861. The Kier molecular flexibility index (Phi) is 5.98. The van der Waals surface area contributed by atoms with E-state index in [4.69, 9.17) is 4.74 Å². The number of amides is 1. The first-order valence-corrected chi connectivity index (χ1v) is 9.11. The van der Waals surface area contributed by atoms with Gasteiger partial charge in [0.2, 0.25) is 0 Å². The SMILES string of the molecule is Cc1ncncc1C(=O)N1CC[C@H](O)[C@@H](N(C)C2CCOCC2)CC1. The molecule has 1 aromatic rings. The molecule has 0 saturated carbocycles. The summed E-state index contributed by atoms with van der Waals surface area (Å²) in [6, 6.07) is 0.523. The summed E-state index contributed by atoms with van der Waals surface area (Å²) in [5, 5.41) is 10.6. The summed E-state index contributed by atoms with van der Waals surface area (Å²) in [5.41, 5.74) is 1.24. The summed E-state index contributed by atoms with van der Waals surface area (Å²) in [4.78, 5) is 25.0. The molecule has 0 unspecified atom stereocenters. The number of aryl methyl sites for hydroxylation is 1. The van der Waals surface area contributed by atoms with Crippen LogP contribution in [0.5, 0.6) is 0 Å². The summed E-state index contributed by atoms with van der Waals surface area (Å²) in [5.74, 6) is -0.0420. The molecular formula is C18H28N4O3.